The number of methoxy groups -OCH3 is 1. The lowest BCUT2D eigenvalue weighted by molar-refractivity contribution is -0.140. The molecular formula is C27H34N2O6. The highest BCUT2D eigenvalue weighted by atomic mass is 16.5. The summed E-state index contributed by atoms with van der Waals surface area (Å²) in [6.07, 6.45) is 0.00566. The normalized spacial score (nSPS) is 17.4. The van der Waals surface area contributed by atoms with E-state index < -0.39 is 17.7 Å². The standard InChI is InChI=1S/C27H34N2O6/c1-7-34-21-13-10-19(16-22(21)33-6)24-23(26(31)27(32)29(24)15-14-28(4)5)25(30)18-8-11-20(12-9-18)35-17(2)3/h8-13,16-17,24,30H,7,14-15H2,1-6H3/b25-23+/t24-/m1/s1. The number of aliphatic hydroxyl groups excluding tert-OH is 1. The van der Waals surface area contributed by atoms with Gasteiger partial charge in [-0.15, -0.1) is 0 Å². The van der Waals surface area contributed by atoms with Gasteiger partial charge >= 0.3 is 0 Å². The van der Waals surface area contributed by atoms with Gasteiger partial charge in [0.2, 0.25) is 0 Å². The molecule has 0 unspecified atom stereocenters. The Morgan fingerprint density at radius 2 is 1.77 bits per heavy atom. The van der Waals surface area contributed by atoms with E-state index in [2.05, 4.69) is 0 Å². The second-order valence-corrected chi connectivity index (χ2v) is 8.83. The minimum atomic E-state index is -0.772. The highest BCUT2D eigenvalue weighted by Gasteiger charge is 2.46. The fourth-order valence-electron chi connectivity index (χ4n) is 4.01. The van der Waals surface area contributed by atoms with Crippen LogP contribution < -0.4 is 14.2 Å². The fourth-order valence-corrected chi connectivity index (χ4v) is 4.01. The van der Waals surface area contributed by atoms with Crippen molar-refractivity contribution in [1.29, 1.82) is 0 Å². The topological polar surface area (TPSA) is 88.5 Å². The summed E-state index contributed by atoms with van der Waals surface area (Å²) in [4.78, 5) is 29.7. The van der Waals surface area contributed by atoms with Crippen molar-refractivity contribution in [1.82, 2.24) is 9.80 Å². The predicted molar refractivity (Wildman–Crippen MR) is 134 cm³/mol. The van der Waals surface area contributed by atoms with E-state index in [1.165, 1.54) is 12.0 Å². The van der Waals surface area contributed by atoms with Crippen LogP contribution >= 0.6 is 0 Å². The average molecular weight is 483 g/mol. The number of hydrogen-bond acceptors (Lipinski definition) is 7. The number of ether oxygens (including phenoxy) is 3. The number of Topliss-reactive ketones (excluding diaryl/α,β-unsaturated/α-hetero) is 1. The van der Waals surface area contributed by atoms with Crippen LogP contribution in [-0.4, -0.2) is 73.6 Å². The Kier molecular flexibility index (Phi) is 8.40. The van der Waals surface area contributed by atoms with E-state index in [0.29, 0.717) is 48.1 Å². The number of hydrogen-bond donors (Lipinski definition) is 1. The molecule has 35 heavy (non-hydrogen) atoms. The minimum absolute atomic E-state index is 0.00566. The van der Waals surface area contributed by atoms with Gasteiger partial charge in [0, 0.05) is 18.7 Å². The molecule has 1 N–H and O–H groups in total. The van der Waals surface area contributed by atoms with Crippen LogP contribution in [0.5, 0.6) is 17.2 Å². The Morgan fingerprint density at radius 3 is 2.34 bits per heavy atom. The molecular weight excluding hydrogens is 448 g/mol. The molecule has 2 aromatic rings. The van der Waals surface area contributed by atoms with Gasteiger partial charge in [-0.05, 0) is 76.8 Å². The zero-order chi connectivity index (χ0) is 25.7. The van der Waals surface area contributed by atoms with Gasteiger partial charge in [-0.1, -0.05) is 6.07 Å². The van der Waals surface area contributed by atoms with Gasteiger partial charge in [-0.25, -0.2) is 0 Å². The van der Waals surface area contributed by atoms with E-state index in [1.54, 1.807) is 42.5 Å². The van der Waals surface area contributed by atoms with Gasteiger partial charge in [0.15, 0.2) is 11.5 Å². The maximum Gasteiger partial charge on any atom is 0.295 e. The first kappa shape index (κ1) is 26.1. The summed E-state index contributed by atoms with van der Waals surface area (Å²) in [6.45, 7) is 7.06. The molecule has 8 nitrogen and oxygen atoms in total. The Labute approximate surface area is 206 Å². The van der Waals surface area contributed by atoms with Gasteiger partial charge in [-0.2, -0.15) is 0 Å². The van der Waals surface area contributed by atoms with Crippen molar-refractivity contribution in [3.05, 3.63) is 59.2 Å². The van der Waals surface area contributed by atoms with Gasteiger partial charge < -0.3 is 29.1 Å². The average Bonchev–Trinajstić information content (AvgIpc) is 3.07. The third kappa shape index (κ3) is 5.77. The number of amides is 1. The van der Waals surface area contributed by atoms with E-state index in [4.69, 9.17) is 14.2 Å². The van der Waals surface area contributed by atoms with Crippen LogP contribution in [0, 0.1) is 0 Å². The second-order valence-electron chi connectivity index (χ2n) is 8.83. The van der Waals surface area contributed by atoms with Crippen molar-refractivity contribution >= 4 is 17.4 Å². The quantitative estimate of drug-likeness (QED) is 0.312. The van der Waals surface area contributed by atoms with Crippen molar-refractivity contribution in [3.63, 3.8) is 0 Å². The predicted octanol–water partition coefficient (Wildman–Crippen LogP) is 3.86. The zero-order valence-electron chi connectivity index (χ0n) is 21.2. The number of carbonyl (C=O) groups excluding carboxylic acids is 2. The Hall–Kier alpha value is -3.52. The van der Waals surface area contributed by atoms with Crippen LogP contribution in [0.2, 0.25) is 0 Å². The number of benzene rings is 2. The lowest BCUT2D eigenvalue weighted by Crippen LogP contribution is -2.35. The second kappa shape index (κ2) is 11.3. The van der Waals surface area contributed by atoms with Crippen molar-refractivity contribution in [2.45, 2.75) is 32.9 Å². The first-order chi connectivity index (χ1) is 16.7. The number of ketones is 1. The number of aliphatic hydroxyl groups is 1. The molecule has 0 aromatic heterocycles. The molecule has 1 amide bonds. The Balaban J connectivity index is 2.12. The van der Waals surface area contributed by atoms with Crippen molar-refractivity contribution in [3.8, 4) is 17.2 Å². The molecule has 188 valence electrons. The lowest BCUT2D eigenvalue weighted by Gasteiger charge is -2.27. The van der Waals surface area contributed by atoms with Crippen molar-refractivity contribution in [2.24, 2.45) is 0 Å². The van der Waals surface area contributed by atoms with E-state index in [9.17, 15) is 14.7 Å². The summed E-state index contributed by atoms with van der Waals surface area (Å²) in [5, 5.41) is 11.2. The van der Waals surface area contributed by atoms with Crippen LogP contribution in [-0.2, 0) is 9.59 Å². The minimum Gasteiger partial charge on any atom is -0.507 e. The number of likely N-dealkylation sites (tertiary alicyclic amines) is 1. The molecule has 1 saturated heterocycles. The molecule has 1 atom stereocenters. The fraction of sp³-hybridized carbons (Fsp3) is 0.407. The molecule has 1 fully saturated rings. The zero-order valence-corrected chi connectivity index (χ0v) is 21.2. The van der Waals surface area contributed by atoms with Gasteiger partial charge in [0.05, 0.1) is 31.4 Å². The van der Waals surface area contributed by atoms with Crippen LogP contribution in [0.25, 0.3) is 5.76 Å². The first-order valence-corrected chi connectivity index (χ1v) is 11.7. The molecule has 1 aliphatic heterocycles. The molecule has 0 aliphatic carbocycles. The van der Waals surface area contributed by atoms with Crippen molar-refractivity contribution < 1.29 is 28.9 Å². The summed E-state index contributed by atoms with van der Waals surface area (Å²) in [5.41, 5.74) is 1.11. The number of carbonyl (C=O) groups is 2. The molecule has 0 radical (unpaired) electrons. The van der Waals surface area contributed by atoms with Crippen LogP contribution in [0.1, 0.15) is 37.9 Å². The Bertz CT molecular complexity index is 1090. The van der Waals surface area contributed by atoms with Crippen molar-refractivity contribution in [2.75, 3.05) is 40.9 Å². The highest BCUT2D eigenvalue weighted by Crippen LogP contribution is 2.42. The molecule has 2 aromatic carbocycles. The van der Waals surface area contributed by atoms with E-state index in [0.717, 1.165) is 0 Å². The third-order valence-electron chi connectivity index (χ3n) is 5.63. The van der Waals surface area contributed by atoms with Crippen LogP contribution in [0.15, 0.2) is 48.0 Å². The molecule has 0 spiro atoms. The van der Waals surface area contributed by atoms with Gasteiger partial charge in [0.25, 0.3) is 11.7 Å². The molecule has 1 heterocycles. The number of rotatable bonds is 10. The molecule has 0 saturated carbocycles. The maximum atomic E-state index is 13.2. The van der Waals surface area contributed by atoms with E-state index >= 15 is 0 Å². The molecule has 3 rings (SSSR count). The molecule has 8 heteroatoms. The first-order valence-electron chi connectivity index (χ1n) is 11.7. The Morgan fingerprint density at radius 1 is 1.09 bits per heavy atom. The van der Waals surface area contributed by atoms with Crippen LogP contribution in [0.4, 0.5) is 0 Å². The summed E-state index contributed by atoms with van der Waals surface area (Å²) >= 11 is 0. The molecule has 0 bridgehead atoms. The third-order valence-corrected chi connectivity index (χ3v) is 5.63. The number of likely N-dealkylation sites (N-methyl/N-ethyl adjacent to an activating group) is 1. The largest absolute Gasteiger partial charge is 0.507 e. The SMILES string of the molecule is CCOc1ccc([C@@H]2/C(=C(\O)c3ccc(OC(C)C)cc3)C(=O)C(=O)N2CCN(C)C)cc1OC. The van der Waals surface area contributed by atoms with Crippen LogP contribution in [0.3, 0.4) is 0 Å². The maximum absolute atomic E-state index is 13.2. The summed E-state index contributed by atoms with van der Waals surface area (Å²) in [5.74, 6) is 0.0931. The van der Waals surface area contributed by atoms with E-state index in [1.807, 2.05) is 39.8 Å². The van der Waals surface area contributed by atoms with E-state index in [-0.39, 0.29) is 17.4 Å². The highest BCUT2D eigenvalue weighted by molar-refractivity contribution is 6.46. The summed E-state index contributed by atoms with van der Waals surface area (Å²) in [7, 11) is 5.32. The van der Waals surface area contributed by atoms with Gasteiger partial charge in [-0.3, -0.25) is 9.59 Å². The lowest BCUT2D eigenvalue weighted by atomic mass is 9.95. The van der Waals surface area contributed by atoms with Gasteiger partial charge in [0.1, 0.15) is 11.5 Å². The monoisotopic (exact) mass is 482 g/mol. The summed E-state index contributed by atoms with van der Waals surface area (Å²) < 4.78 is 16.8. The summed E-state index contributed by atoms with van der Waals surface area (Å²) in [6, 6.07) is 11.3. The number of nitrogens with zero attached hydrogens (tertiary/aromatic N) is 2. The smallest absolute Gasteiger partial charge is 0.295 e. The molecule has 1 aliphatic rings.